The van der Waals surface area contributed by atoms with Gasteiger partial charge in [0.1, 0.15) is 10.8 Å². The first-order valence-corrected chi connectivity index (χ1v) is 6.53. The maximum atomic E-state index is 13.7. The maximum absolute atomic E-state index is 13.7. The molecule has 1 aromatic carbocycles. The van der Waals surface area contributed by atoms with Gasteiger partial charge in [-0.25, -0.2) is 9.37 Å². The first-order chi connectivity index (χ1) is 8.58. The molecule has 1 atom stereocenters. The molecule has 1 aromatic heterocycles. The normalized spacial score (nSPS) is 12.4. The average molecular weight is 284 g/mol. The van der Waals surface area contributed by atoms with E-state index >= 15 is 0 Å². The molecule has 5 heteroatoms. The van der Waals surface area contributed by atoms with Crippen LogP contribution in [-0.2, 0) is 0 Å². The zero-order valence-electron chi connectivity index (χ0n) is 9.60. The van der Waals surface area contributed by atoms with E-state index in [1.807, 2.05) is 0 Å². The van der Waals surface area contributed by atoms with Crippen LogP contribution < -0.4 is 0 Å². The number of hydrogen-bond donors (Lipinski definition) is 1. The fourth-order valence-corrected chi connectivity index (χ4v) is 2.65. The lowest BCUT2D eigenvalue weighted by Gasteiger charge is -2.12. The molecule has 1 N–H and O–H groups in total. The van der Waals surface area contributed by atoms with Crippen molar-refractivity contribution in [2.24, 2.45) is 0 Å². The summed E-state index contributed by atoms with van der Waals surface area (Å²) in [5, 5.41) is 10.9. The molecule has 0 radical (unpaired) electrons. The Balaban J connectivity index is 2.34. The smallest absolute Gasteiger partial charge is 0.130 e. The van der Waals surface area contributed by atoms with E-state index in [0.29, 0.717) is 20.5 Å². The first-order valence-electron chi connectivity index (χ1n) is 5.34. The molecular formula is C13H11ClFNOS. The van der Waals surface area contributed by atoms with Crippen LogP contribution in [0.25, 0.3) is 0 Å². The minimum absolute atomic E-state index is 0.291. The van der Waals surface area contributed by atoms with E-state index in [1.165, 1.54) is 30.9 Å². The number of pyridine rings is 1. The highest BCUT2D eigenvalue weighted by Crippen LogP contribution is 2.33. The van der Waals surface area contributed by atoms with Crippen molar-refractivity contribution in [2.45, 2.75) is 22.9 Å². The van der Waals surface area contributed by atoms with Gasteiger partial charge in [0, 0.05) is 16.7 Å². The topological polar surface area (TPSA) is 33.1 Å². The molecule has 0 fully saturated rings. The molecule has 0 amide bonds. The van der Waals surface area contributed by atoms with Crippen LogP contribution in [0.5, 0.6) is 0 Å². The second-order valence-corrected chi connectivity index (χ2v) is 5.24. The third-order valence-electron chi connectivity index (χ3n) is 2.35. The quantitative estimate of drug-likeness (QED) is 0.921. The molecule has 2 rings (SSSR count). The Kier molecular flexibility index (Phi) is 4.22. The SMILES string of the molecule is C[C@H](O)c1c(F)cccc1Sc1ccc(Cl)cn1. The zero-order valence-corrected chi connectivity index (χ0v) is 11.2. The summed E-state index contributed by atoms with van der Waals surface area (Å²) in [6.07, 6.45) is 0.673. The number of nitrogens with zero attached hydrogens (tertiary/aromatic N) is 1. The molecule has 2 nitrogen and oxygen atoms in total. The molecule has 0 aliphatic heterocycles. The van der Waals surface area contributed by atoms with Crippen molar-refractivity contribution in [3.63, 3.8) is 0 Å². The molecule has 0 aliphatic carbocycles. The molecule has 2 aromatic rings. The molecule has 0 saturated carbocycles. The van der Waals surface area contributed by atoms with Gasteiger partial charge < -0.3 is 5.11 Å². The number of benzene rings is 1. The lowest BCUT2D eigenvalue weighted by Crippen LogP contribution is -1.98. The van der Waals surface area contributed by atoms with E-state index in [4.69, 9.17) is 11.6 Å². The number of aliphatic hydroxyl groups is 1. The fraction of sp³-hybridized carbons (Fsp3) is 0.154. The van der Waals surface area contributed by atoms with Crippen molar-refractivity contribution in [1.82, 2.24) is 4.98 Å². The fourth-order valence-electron chi connectivity index (χ4n) is 1.55. The minimum Gasteiger partial charge on any atom is -0.389 e. The van der Waals surface area contributed by atoms with Crippen LogP contribution in [0, 0.1) is 5.82 Å². The monoisotopic (exact) mass is 283 g/mol. The van der Waals surface area contributed by atoms with Gasteiger partial charge >= 0.3 is 0 Å². The molecular weight excluding hydrogens is 273 g/mol. The summed E-state index contributed by atoms with van der Waals surface area (Å²) in [7, 11) is 0. The molecule has 0 bridgehead atoms. The zero-order chi connectivity index (χ0) is 13.1. The van der Waals surface area contributed by atoms with Gasteiger partial charge in [0.15, 0.2) is 0 Å². The molecule has 0 unspecified atom stereocenters. The third kappa shape index (κ3) is 3.02. The van der Waals surface area contributed by atoms with E-state index in [9.17, 15) is 9.50 Å². The van der Waals surface area contributed by atoms with Crippen molar-refractivity contribution in [2.75, 3.05) is 0 Å². The van der Waals surface area contributed by atoms with E-state index < -0.39 is 11.9 Å². The Labute approximate surface area is 114 Å². The number of hydrogen-bond acceptors (Lipinski definition) is 3. The van der Waals surface area contributed by atoms with Crippen molar-refractivity contribution < 1.29 is 9.50 Å². The van der Waals surface area contributed by atoms with Gasteiger partial charge in [-0.1, -0.05) is 29.4 Å². The van der Waals surface area contributed by atoms with Crippen LogP contribution >= 0.6 is 23.4 Å². The second kappa shape index (κ2) is 5.69. The highest BCUT2D eigenvalue weighted by Gasteiger charge is 2.14. The standard InChI is InChI=1S/C13H11ClFNOS/c1-8(17)13-10(15)3-2-4-11(13)18-12-6-5-9(14)7-16-12/h2-8,17H,1H3/t8-/m0/s1. The van der Waals surface area contributed by atoms with Crippen LogP contribution in [0.1, 0.15) is 18.6 Å². The summed E-state index contributed by atoms with van der Waals surface area (Å²) in [6, 6.07) is 8.18. The van der Waals surface area contributed by atoms with Crippen LogP contribution in [0.15, 0.2) is 46.5 Å². The summed E-state index contributed by atoms with van der Waals surface area (Å²) in [4.78, 5) is 4.78. The minimum atomic E-state index is -0.860. The Morgan fingerprint density at radius 3 is 2.72 bits per heavy atom. The molecule has 1 heterocycles. The number of aromatic nitrogens is 1. The van der Waals surface area contributed by atoms with Crippen LogP contribution in [-0.4, -0.2) is 10.1 Å². The van der Waals surface area contributed by atoms with E-state index in [0.717, 1.165) is 0 Å². The van der Waals surface area contributed by atoms with Gasteiger partial charge in [-0.2, -0.15) is 0 Å². The first kappa shape index (κ1) is 13.3. The molecule has 18 heavy (non-hydrogen) atoms. The Morgan fingerprint density at radius 1 is 1.33 bits per heavy atom. The summed E-state index contributed by atoms with van der Waals surface area (Å²) >= 11 is 7.05. The summed E-state index contributed by atoms with van der Waals surface area (Å²) < 4.78 is 13.7. The molecule has 0 aliphatic rings. The lowest BCUT2D eigenvalue weighted by atomic mass is 10.1. The predicted octanol–water partition coefficient (Wildman–Crippen LogP) is 4.08. The van der Waals surface area contributed by atoms with Crippen molar-refractivity contribution in [3.8, 4) is 0 Å². The van der Waals surface area contributed by atoms with E-state index in [2.05, 4.69) is 4.98 Å². The van der Waals surface area contributed by atoms with Gasteiger partial charge in [0.2, 0.25) is 0 Å². The van der Waals surface area contributed by atoms with Gasteiger partial charge in [0.05, 0.1) is 11.1 Å². The summed E-state index contributed by atoms with van der Waals surface area (Å²) in [5.41, 5.74) is 0.291. The largest absolute Gasteiger partial charge is 0.389 e. The predicted molar refractivity (Wildman–Crippen MR) is 70.4 cm³/mol. The van der Waals surface area contributed by atoms with Gasteiger partial charge in [-0.05, 0) is 31.2 Å². The molecule has 0 saturated heterocycles. The average Bonchev–Trinajstić information content (AvgIpc) is 2.32. The third-order valence-corrected chi connectivity index (χ3v) is 3.60. The lowest BCUT2D eigenvalue weighted by molar-refractivity contribution is 0.191. The summed E-state index contributed by atoms with van der Waals surface area (Å²) in [5.74, 6) is -0.413. The van der Waals surface area contributed by atoms with Crippen molar-refractivity contribution >= 4 is 23.4 Å². The Hall–Kier alpha value is -1.10. The maximum Gasteiger partial charge on any atom is 0.130 e. The summed E-state index contributed by atoms with van der Waals surface area (Å²) in [6.45, 7) is 1.54. The second-order valence-electron chi connectivity index (χ2n) is 3.74. The number of halogens is 2. The highest BCUT2D eigenvalue weighted by atomic mass is 35.5. The highest BCUT2D eigenvalue weighted by molar-refractivity contribution is 7.99. The van der Waals surface area contributed by atoms with Gasteiger partial charge in [0.25, 0.3) is 0 Å². The van der Waals surface area contributed by atoms with Crippen molar-refractivity contribution in [3.05, 3.63) is 52.9 Å². The van der Waals surface area contributed by atoms with Gasteiger partial charge in [-0.3, -0.25) is 0 Å². The molecule has 94 valence electrons. The van der Waals surface area contributed by atoms with Gasteiger partial charge in [-0.15, -0.1) is 0 Å². The molecule has 0 spiro atoms. The van der Waals surface area contributed by atoms with Crippen LogP contribution in [0.2, 0.25) is 5.02 Å². The Bertz CT molecular complexity index is 545. The van der Waals surface area contributed by atoms with Crippen LogP contribution in [0.4, 0.5) is 4.39 Å². The van der Waals surface area contributed by atoms with Crippen molar-refractivity contribution in [1.29, 1.82) is 0 Å². The Morgan fingerprint density at radius 2 is 2.11 bits per heavy atom. The van der Waals surface area contributed by atoms with E-state index in [1.54, 1.807) is 24.3 Å². The van der Waals surface area contributed by atoms with E-state index in [-0.39, 0.29) is 0 Å². The number of rotatable bonds is 3. The van der Waals surface area contributed by atoms with Crippen LogP contribution in [0.3, 0.4) is 0 Å². The number of aliphatic hydroxyl groups excluding tert-OH is 1.